The summed E-state index contributed by atoms with van der Waals surface area (Å²) in [6, 6.07) is -0.176. The van der Waals surface area contributed by atoms with E-state index in [1.807, 2.05) is 5.01 Å². The lowest BCUT2D eigenvalue weighted by Gasteiger charge is -2.33. The van der Waals surface area contributed by atoms with Crippen molar-refractivity contribution in [2.24, 2.45) is 0 Å². The molecule has 0 aromatic heterocycles. The predicted molar refractivity (Wildman–Crippen MR) is 67.1 cm³/mol. The second kappa shape index (κ2) is 7.17. The number of hydrogen-bond donors (Lipinski definition) is 2. The van der Waals surface area contributed by atoms with Crippen molar-refractivity contribution in [1.82, 2.24) is 20.2 Å². The molecule has 1 fully saturated rings. The first kappa shape index (κ1) is 14.7. The summed E-state index contributed by atoms with van der Waals surface area (Å²) < 4.78 is 0. The Morgan fingerprint density at radius 1 is 1.28 bits per heavy atom. The maximum Gasteiger partial charge on any atom is 0.331 e. The average molecular weight is 258 g/mol. The first-order valence-electron chi connectivity index (χ1n) is 6.16. The molecule has 0 saturated carbocycles. The van der Waals surface area contributed by atoms with Gasteiger partial charge in [-0.2, -0.15) is 0 Å². The molecule has 1 heterocycles. The smallest absolute Gasteiger partial charge is 0.331 e. The van der Waals surface area contributed by atoms with Gasteiger partial charge in [-0.3, -0.25) is 10.2 Å². The lowest BCUT2D eigenvalue weighted by molar-refractivity contribution is -0.137. The number of hydrogen-bond acceptors (Lipinski definition) is 4. The van der Waals surface area contributed by atoms with Gasteiger partial charge in [0.25, 0.3) is 0 Å². The zero-order valence-corrected chi connectivity index (χ0v) is 11.1. The Bertz CT molecular complexity index is 290. The van der Waals surface area contributed by atoms with Gasteiger partial charge in [0.05, 0.1) is 0 Å². The number of nitrogens with one attached hydrogen (secondary N) is 1. The van der Waals surface area contributed by atoms with Crippen molar-refractivity contribution >= 4 is 12.0 Å². The van der Waals surface area contributed by atoms with Crippen LogP contribution in [0.4, 0.5) is 4.79 Å². The van der Waals surface area contributed by atoms with E-state index < -0.39 is 5.97 Å². The molecule has 0 atom stereocenters. The number of aliphatic carboxylic acids is 1. The Morgan fingerprint density at radius 3 is 2.44 bits per heavy atom. The van der Waals surface area contributed by atoms with Gasteiger partial charge in [0.15, 0.2) is 0 Å². The molecule has 0 aromatic rings. The summed E-state index contributed by atoms with van der Waals surface area (Å²) in [6.45, 7) is 3.94. The van der Waals surface area contributed by atoms with Crippen LogP contribution in [-0.4, -0.2) is 78.7 Å². The van der Waals surface area contributed by atoms with Crippen molar-refractivity contribution in [3.8, 4) is 0 Å². The van der Waals surface area contributed by atoms with Gasteiger partial charge in [-0.15, -0.1) is 0 Å². The van der Waals surface area contributed by atoms with Crippen molar-refractivity contribution in [1.29, 1.82) is 0 Å². The van der Waals surface area contributed by atoms with Crippen molar-refractivity contribution in [3.63, 3.8) is 0 Å². The molecule has 104 valence electrons. The van der Waals surface area contributed by atoms with E-state index >= 15 is 0 Å². The first-order chi connectivity index (χ1) is 8.49. The zero-order valence-electron chi connectivity index (χ0n) is 11.1. The number of carbonyl (C=O) groups is 2. The zero-order chi connectivity index (χ0) is 13.5. The number of urea groups is 1. The quantitative estimate of drug-likeness (QED) is 0.705. The summed E-state index contributed by atoms with van der Waals surface area (Å²) in [5.74, 6) is -0.831. The Balaban J connectivity index is 2.20. The first-order valence-corrected chi connectivity index (χ1v) is 6.16. The monoisotopic (exact) mass is 258 g/mol. The van der Waals surface area contributed by atoms with Crippen LogP contribution in [-0.2, 0) is 4.79 Å². The van der Waals surface area contributed by atoms with Crippen LogP contribution in [0.1, 0.15) is 12.8 Å². The standard InChI is InChI=1S/C11H22N4O3/c1-13-6-8-15(9-7-13)12-11(18)14(2)5-3-4-10(16)17/h3-9H2,1-2H3,(H,12,18)(H,16,17). The number of likely N-dealkylation sites (N-methyl/N-ethyl adjacent to an activating group) is 1. The molecule has 0 spiro atoms. The van der Waals surface area contributed by atoms with E-state index in [2.05, 4.69) is 17.4 Å². The van der Waals surface area contributed by atoms with Crippen LogP contribution in [0.15, 0.2) is 0 Å². The van der Waals surface area contributed by atoms with Crippen LogP contribution in [0.25, 0.3) is 0 Å². The minimum Gasteiger partial charge on any atom is -0.481 e. The van der Waals surface area contributed by atoms with E-state index in [0.717, 1.165) is 26.2 Å². The van der Waals surface area contributed by atoms with E-state index in [-0.39, 0.29) is 12.5 Å². The topological polar surface area (TPSA) is 76.1 Å². The number of carboxylic acids is 1. The molecule has 0 aromatic carbocycles. The fourth-order valence-electron chi connectivity index (χ4n) is 1.71. The maximum absolute atomic E-state index is 11.8. The highest BCUT2D eigenvalue weighted by Crippen LogP contribution is 1.98. The lowest BCUT2D eigenvalue weighted by atomic mass is 10.3. The summed E-state index contributed by atoms with van der Waals surface area (Å²) in [4.78, 5) is 25.9. The van der Waals surface area contributed by atoms with Gasteiger partial charge in [0.2, 0.25) is 0 Å². The van der Waals surface area contributed by atoms with Crippen molar-refractivity contribution in [2.75, 3.05) is 46.8 Å². The van der Waals surface area contributed by atoms with Crippen molar-refractivity contribution < 1.29 is 14.7 Å². The summed E-state index contributed by atoms with van der Waals surface area (Å²) in [5.41, 5.74) is 2.82. The normalized spacial score (nSPS) is 17.4. The Labute approximate surface area is 107 Å². The Morgan fingerprint density at radius 2 is 1.89 bits per heavy atom. The highest BCUT2D eigenvalue weighted by molar-refractivity contribution is 5.73. The fraction of sp³-hybridized carbons (Fsp3) is 0.818. The van der Waals surface area contributed by atoms with Crippen molar-refractivity contribution in [3.05, 3.63) is 0 Å². The summed E-state index contributed by atoms with van der Waals surface area (Å²) in [7, 11) is 3.73. The SMILES string of the molecule is CN1CCN(NC(=O)N(C)CCCC(=O)O)CC1. The van der Waals surface area contributed by atoms with Crippen LogP contribution in [0.3, 0.4) is 0 Å². The molecular weight excluding hydrogens is 236 g/mol. The number of carboxylic acid groups (broad SMARTS) is 1. The van der Waals surface area contributed by atoms with E-state index in [0.29, 0.717) is 13.0 Å². The maximum atomic E-state index is 11.8. The Kier molecular flexibility index (Phi) is 5.87. The molecule has 0 unspecified atom stereocenters. The van der Waals surface area contributed by atoms with Gasteiger partial charge in [-0.1, -0.05) is 0 Å². The third-order valence-electron chi connectivity index (χ3n) is 2.99. The average Bonchev–Trinajstić information content (AvgIpc) is 2.31. The molecule has 1 rings (SSSR count). The summed E-state index contributed by atoms with van der Waals surface area (Å²) >= 11 is 0. The third-order valence-corrected chi connectivity index (χ3v) is 2.99. The van der Waals surface area contributed by atoms with Crippen molar-refractivity contribution in [2.45, 2.75) is 12.8 Å². The van der Waals surface area contributed by atoms with E-state index in [1.165, 1.54) is 4.90 Å². The molecule has 18 heavy (non-hydrogen) atoms. The molecule has 0 aliphatic carbocycles. The third kappa shape index (κ3) is 5.33. The second-order valence-corrected chi connectivity index (χ2v) is 4.63. The second-order valence-electron chi connectivity index (χ2n) is 4.63. The summed E-state index contributed by atoms with van der Waals surface area (Å²) in [6.07, 6.45) is 0.564. The molecule has 1 aliphatic heterocycles. The fourth-order valence-corrected chi connectivity index (χ4v) is 1.71. The molecule has 1 saturated heterocycles. The van der Waals surface area contributed by atoms with Gasteiger partial charge < -0.3 is 14.9 Å². The molecule has 7 nitrogen and oxygen atoms in total. The minimum absolute atomic E-state index is 0.0894. The van der Waals surface area contributed by atoms with Crippen LogP contribution < -0.4 is 5.43 Å². The minimum atomic E-state index is -0.831. The van der Waals surface area contributed by atoms with E-state index in [9.17, 15) is 9.59 Å². The van der Waals surface area contributed by atoms with E-state index in [4.69, 9.17) is 5.11 Å². The molecule has 2 N–H and O–H groups in total. The molecule has 0 radical (unpaired) electrons. The molecular formula is C11H22N4O3. The van der Waals surface area contributed by atoms with Gasteiger partial charge in [0, 0.05) is 46.2 Å². The van der Waals surface area contributed by atoms with Gasteiger partial charge in [-0.25, -0.2) is 9.80 Å². The molecule has 1 aliphatic rings. The van der Waals surface area contributed by atoms with Gasteiger partial charge in [-0.05, 0) is 13.5 Å². The number of nitrogens with zero attached hydrogens (tertiary/aromatic N) is 3. The van der Waals surface area contributed by atoms with Crippen LogP contribution in [0.2, 0.25) is 0 Å². The highest BCUT2D eigenvalue weighted by Gasteiger charge is 2.17. The van der Waals surface area contributed by atoms with E-state index in [1.54, 1.807) is 7.05 Å². The van der Waals surface area contributed by atoms with Crippen LogP contribution in [0.5, 0.6) is 0 Å². The van der Waals surface area contributed by atoms with Gasteiger partial charge >= 0.3 is 12.0 Å². The number of hydrazine groups is 1. The highest BCUT2D eigenvalue weighted by atomic mass is 16.4. The lowest BCUT2D eigenvalue weighted by Crippen LogP contribution is -2.55. The Hall–Kier alpha value is -1.34. The van der Waals surface area contributed by atoms with Crippen LogP contribution in [0, 0.1) is 0 Å². The number of amides is 2. The number of piperazine rings is 1. The number of rotatable bonds is 5. The molecule has 7 heteroatoms. The predicted octanol–water partition coefficient (Wildman–Crippen LogP) is -0.345. The van der Waals surface area contributed by atoms with Gasteiger partial charge in [0.1, 0.15) is 0 Å². The van der Waals surface area contributed by atoms with Crippen LogP contribution >= 0.6 is 0 Å². The molecule has 0 bridgehead atoms. The summed E-state index contributed by atoms with van der Waals surface area (Å²) in [5, 5.41) is 10.4. The largest absolute Gasteiger partial charge is 0.481 e. The number of carbonyl (C=O) groups excluding carboxylic acids is 1. The molecule has 2 amide bonds.